The fourth-order valence-electron chi connectivity index (χ4n) is 4.11. The molecular weight excluding hydrogens is 591 g/mol. The lowest BCUT2D eigenvalue weighted by Gasteiger charge is -2.25. The third kappa shape index (κ3) is 6.87. The Hall–Kier alpha value is -2.89. The number of aromatic nitrogens is 1. The second-order valence-corrected chi connectivity index (χ2v) is 11.9. The van der Waals surface area contributed by atoms with Crippen LogP contribution in [0.2, 0.25) is 5.02 Å². The third-order valence-corrected chi connectivity index (χ3v) is 9.33. The Bertz CT molecular complexity index is 1570. The second kappa shape index (κ2) is 13.6. The molecule has 1 heterocycles. The summed E-state index contributed by atoms with van der Waals surface area (Å²) in [7, 11) is -2.36. The van der Waals surface area contributed by atoms with E-state index in [-0.39, 0.29) is 34.5 Å². The van der Waals surface area contributed by atoms with Gasteiger partial charge in [0.2, 0.25) is 0 Å². The molecule has 1 aromatic heterocycles. The maximum absolute atomic E-state index is 14.1. The molecule has 0 aliphatic rings. The Morgan fingerprint density at radius 3 is 2.35 bits per heavy atom. The van der Waals surface area contributed by atoms with Crippen molar-refractivity contribution in [3.05, 3.63) is 76.8 Å². The number of fused-ring (bicyclic) bond motifs is 1. The Labute approximate surface area is 250 Å². The zero-order chi connectivity index (χ0) is 28.2. The van der Waals surface area contributed by atoms with E-state index in [0.717, 1.165) is 18.7 Å². The van der Waals surface area contributed by atoms with Crippen LogP contribution in [0.25, 0.3) is 10.2 Å². The fraction of sp³-hybridized carbons (Fsp3) is 0.286. The van der Waals surface area contributed by atoms with E-state index >= 15 is 0 Å². The first-order chi connectivity index (χ1) is 18.7. The number of methoxy groups -OCH3 is 1. The van der Waals surface area contributed by atoms with E-state index in [4.69, 9.17) is 21.3 Å². The van der Waals surface area contributed by atoms with Gasteiger partial charge in [-0.1, -0.05) is 66.6 Å². The highest BCUT2D eigenvalue weighted by molar-refractivity contribution is 7.92. The van der Waals surface area contributed by atoms with Gasteiger partial charge >= 0.3 is 0 Å². The number of nitrogens with one attached hydrogen (secondary N) is 1. The number of amides is 1. The molecule has 0 atom stereocenters. The number of aryl methyl sites for hydroxylation is 1. The lowest BCUT2D eigenvalue weighted by atomic mass is 10.1. The van der Waals surface area contributed by atoms with E-state index in [1.54, 1.807) is 60.5 Å². The number of thiazole rings is 1. The average Bonchev–Trinajstić information content (AvgIpc) is 3.37. The minimum atomic E-state index is -3.92. The molecule has 4 aromatic rings. The summed E-state index contributed by atoms with van der Waals surface area (Å²) in [5.41, 5.74) is 1.91. The number of ether oxygens (including phenoxy) is 1. The summed E-state index contributed by atoms with van der Waals surface area (Å²) in [5.74, 6) is 0.179. The number of carbonyl (C=O) groups excluding carboxylic acids is 1. The summed E-state index contributed by atoms with van der Waals surface area (Å²) in [6, 6.07) is 16.6. The number of benzene rings is 3. The molecular formula is C28H32Cl2N4O4S2. The lowest BCUT2D eigenvalue weighted by molar-refractivity contribution is 0.0984. The number of rotatable bonds is 11. The van der Waals surface area contributed by atoms with Crippen molar-refractivity contribution >= 4 is 72.3 Å². The van der Waals surface area contributed by atoms with Crippen molar-refractivity contribution in [1.29, 1.82) is 0 Å². The number of hydrogen-bond donors (Lipinski definition) is 1. The van der Waals surface area contributed by atoms with Gasteiger partial charge in [-0.2, -0.15) is 0 Å². The van der Waals surface area contributed by atoms with Gasteiger partial charge < -0.3 is 9.64 Å². The number of nitrogens with zero attached hydrogens (tertiary/aromatic N) is 3. The van der Waals surface area contributed by atoms with Crippen molar-refractivity contribution in [3.63, 3.8) is 0 Å². The number of halogens is 2. The summed E-state index contributed by atoms with van der Waals surface area (Å²) in [6.45, 7) is 8.61. The van der Waals surface area contributed by atoms with E-state index in [1.807, 2.05) is 6.92 Å². The van der Waals surface area contributed by atoms with Crippen LogP contribution in [0.15, 0.2) is 65.6 Å². The summed E-state index contributed by atoms with van der Waals surface area (Å²) in [4.78, 5) is 22.7. The summed E-state index contributed by atoms with van der Waals surface area (Å²) < 4.78 is 35.1. The Morgan fingerprint density at radius 1 is 1.02 bits per heavy atom. The predicted molar refractivity (Wildman–Crippen MR) is 166 cm³/mol. The molecule has 0 aliphatic carbocycles. The molecule has 3 aromatic carbocycles. The first-order valence-corrected chi connectivity index (χ1v) is 15.2. The first-order valence-electron chi connectivity index (χ1n) is 12.5. The third-order valence-electron chi connectivity index (χ3n) is 6.41. The number of likely N-dealkylation sites (N-methyl/N-ethyl adjacent to an activating group) is 1. The molecule has 0 spiro atoms. The summed E-state index contributed by atoms with van der Waals surface area (Å²) in [5, 5.41) is 0.960. The molecule has 8 nitrogen and oxygen atoms in total. The van der Waals surface area contributed by atoms with Crippen LogP contribution in [-0.4, -0.2) is 57.5 Å². The van der Waals surface area contributed by atoms with Crippen LogP contribution in [-0.2, 0) is 10.0 Å². The van der Waals surface area contributed by atoms with E-state index < -0.39 is 10.0 Å². The van der Waals surface area contributed by atoms with Crippen LogP contribution in [0.3, 0.4) is 0 Å². The van der Waals surface area contributed by atoms with Gasteiger partial charge in [0.15, 0.2) is 5.13 Å². The van der Waals surface area contributed by atoms with Gasteiger partial charge in [0.1, 0.15) is 11.3 Å². The summed E-state index contributed by atoms with van der Waals surface area (Å²) in [6.07, 6.45) is 0. The largest absolute Gasteiger partial charge is 0.494 e. The monoisotopic (exact) mass is 622 g/mol. The van der Waals surface area contributed by atoms with Gasteiger partial charge in [-0.05, 0) is 56.4 Å². The smallest absolute Gasteiger partial charge is 0.262 e. The van der Waals surface area contributed by atoms with Crippen molar-refractivity contribution in [3.8, 4) is 5.75 Å². The van der Waals surface area contributed by atoms with Crippen LogP contribution >= 0.6 is 35.3 Å². The fourth-order valence-corrected chi connectivity index (χ4v) is 6.47. The summed E-state index contributed by atoms with van der Waals surface area (Å²) >= 11 is 7.76. The molecule has 0 aliphatic heterocycles. The van der Waals surface area contributed by atoms with Gasteiger partial charge in [-0.25, -0.2) is 13.4 Å². The topological polar surface area (TPSA) is 91.8 Å². The molecule has 0 saturated heterocycles. The molecule has 214 valence electrons. The highest BCUT2D eigenvalue weighted by Crippen LogP contribution is 2.39. The zero-order valence-electron chi connectivity index (χ0n) is 22.7. The van der Waals surface area contributed by atoms with Gasteiger partial charge in [0, 0.05) is 13.1 Å². The minimum absolute atomic E-state index is 0. The standard InChI is InChI=1S/C28H31ClN4O4S2.ClH/c1-5-32(6-2)17-18-33(28-30-25-24(37-4)16-15-22(29)26(25)38-28)27(34)21-9-7-8-10-23(21)31-39(35,36)20-13-11-19(3)12-14-20;/h7-16,31H,5-6,17-18H2,1-4H3;1H. The molecule has 1 N–H and O–H groups in total. The Kier molecular flexibility index (Phi) is 10.8. The van der Waals surface area contributed by atoms with E-state index in [0.29, 0.717) is 39.2 Å². The van der Waals surface area contributed by atoms with E-state index in [1.165, 1.54) is 23.5 Å². The molecule has 0 bridgehead atoms. The van der Waals surface area contributed by atoms with Gasteiger partial charge in [0.05, 0.1) is 33.0 Å². The minimum Gasteiger partial charge on any atom is -0.494 e. The van der Waals surface area contributed by atoms with Crippen molar-refractivity contribution in [2.45, 2.75) is 25.7 Å². The lowest BCUT2D eigenvalue weighted by Crippen LogP contribution is -2.39. The predicted octanol–water partition coefficient (Wildman–Crippen LogP) is 6.48. The highest BCUT2D eigenvalue weighted by atomic mass is 35.5. The van der Waals surface area contributed by atoms with Gasteiger partial charge in [-0.15, -0.1) is 12.4 Å². The van der Waals surface area contributed by atoms with Crippen molar-refractivity contribution in [1.82, 2.24) is 9.88 Å². The van der Waals surface area contributed by atoms with Crippen molar-refractivity contribution in [2.75, 3.05) is 42.9 Å². The second-order valence-electron chi connectivity index (χ2n) is 8.87. The van der Waals surface area contributed by atoms with Crippen LogP contribution in [0.1, 0.15) is 29.8 Å². The maximum atomic E-state index is 14.1. The number of hydrogen-bond acceptors (Lipinski definition) is 7. The Balaban J connectivity index is 0.00000441. The normalized spacial score (nSPS) is 11.3. The SMILES string of the molecule is CCN(CC)CCN(C(=O)c1ccccc1NS(=O)(=O)c1ccc(C)cc1)c1nc2c(OC)ccc(Cl)c2s1.Cl. The zero-order valence-corrected chi connectivity index (χ0v) is 25.9. The molecule has 4 rings (SSSR count). The van der Waals surface area contributed by atoms with E-state index in [2.05, 4.69) is 23.5 Å². The van der Waals surface area contributed by atoms with Crippen molar-refractivity contribution in [2.24, 2.45) is 0 Å². The number of para-hydroxylation sites is 1. The molecule has 0 fully saturated rings. The Morgan fingerprint density at radius 2 is 1.70 bits per heavy atom. The molecule has 1 amide bonds. The van der Waals surface area contributed by atoms with Gasteiger partial charge in [-0.3, -0.25) is 14.4 Å². The quantitative estimate of drug-likeness (QED) is 0.206. The molecule has 0 saturated carbocycles. The van der Waals surface area contributed by atoms with E-state index in [9.17, 15) is 13.2 Å². The van der Waals surface area contributed by atoms with Gasteiger partial charge in [0.25, 0.3) is 15.9 Å². The molecule has 0 unspecified atom stereocenters. The maximum Gasteiger partial charge on any atom is 0.262 e. The van der Waals surface area contributed by atoms with Crippen LogP contribution in [0, 0.1) is 6.92 Å². The van der Waals surface area contributed by atoms with Crippen LogP contribution in [0.4, 0.5) is 10.8 Å². The number of anilines is 2. The average molecular weight is 624 g/mol. The number of carbonyl (C=O) groups is 1. The molecule has 12 heteroatoms. The van der Waals surface area contributed by atoms with Crippen LogP contribution < -0.4 is 14.4 Å². The van der Waals surface area contributed by atoms with Crippen LogP contribution in [0.5, 0.6) is 5.75 Å². The molecule has 40 heavy (non-hydrogen) atoms. The first kappa shape index (κ1) is 31.6. The molecule has 0 radical (unpaired) electrons. The number of sulfonamides is 1. The van der Waals surface area contributed by atoms with Crippen molar-refractivity contribution < 1.29 is 17.9 Å². The highest BCUT2D eigenvalue weighted by Gasteiger charge is 2.27.